The number of halogens is 2. The zero-order chi connectivity index (χ0) is 9.84. The molecule has 1 aromatic carbocycles. The van der Waals surface area contributed by atoms with E-state index in [9.17, 15) is 4.39 Å². The highest BCUT2D eigenvalue weighted by Gasteiger charge is 1.97. The summed E-state index contributed by atoms with van der Waals surface area (Å²) >= 11 is 3.31. The normalized spacial score (nSPS) is 9.62. The van der Waals surface area contributed by atoms with E-state index in [1.807, 2.05) is 13.8 Å². The maximum absolute atomic E-state index is 12.8. The molecule has 1 aromatic rings. The van der Waals surface area contributed by atoms with E-state index in [1.165, 1.54) is 12.1 Å². The Morgan fingerprint density at radius 1 is 1.38 bits per heavy atom. The first-order valence-electron chi connectivity index (χ1n) is 4.06. The highest BCUT2D eigenvalue weighted by atomic mass is 79.9. The molecule has 0 nitrogen and oxygen atoms in total. The molecule has 0 saturated heterocycles. The molecule has 2 heteroatoms. The second-order valence-electron chi connectivity index (χ2n) is 3.05. The molecule has 0 saturated carbocycles. The molecular formula is C11H10BrF. The predicted octanol–water partition coefficient (Wildman–Crippen LogP) is 3.60. The van der Waals surface area contributed by atoms with Crippen LogP contribution in [-0.4, -0.2) is 0 Å². The Hall–Kier alpha value is -0.810. The average molecular weight is 241 g/mol. The van der Waals surface area contributed by atoms with Crippen molar-refractivity contribution in [2.45, 2.75) is 13.8 Å². The Balaban J connectivity index is 3.02. The lowest BCUT2D eigenvalue weighted by Gasteiger charge is -1.95. The quantitative estimate of drug-likeness (QED) is 0.609. The van der Waals surface area contributed by atoms with Crippen molar-refractivity contribution in [3.05, 3.63) is 34.1 Å². The Kier molecular flexibility index (Phi) is 3.50. The molecule has 0 aliphatic carbocycles. The fourth-order valence-electron chi connectivity index (χ4n) is 0.815. The zero-order valence-corrected chi connectivity index (χ0v) is 9.15. The van der Waals surface area contributed by atoms with Gasteiger partial charge in [-0.1, -0.05) is 25.7 Å². The van der Waals surface area contributed by atoms with Crippen molar-refractivity contribution >= 4 is 15.9 Å². The topological polar surface area (TPSA) is 0 Å². The van der Waals surface area contributed by atoms with E-state index in [0.29, 0.717) is 11.5 Å². The van der Waals surface area contributed by atoms with Crippen LogP contribution in [0.2, 0.25) is 0 Å². The van der Waals surface area contributed by atoms with E-state index < -0.39 is 0 Å². The standard InChI is InChI=1S/C11H10BrF/c1-8(2)3-4-9-7-10(13)5-6-11(9)12/h5-8H,1-2H3. The Bertz CT molecular complexity index is 358. The van der Waals surface area contributed by atoms with Crippen LogP contribution in [0.3, 0.4) is 0 Å². The lowest BCUT2D eigenvalue weighted by atomic mass is 10.2. The highest BCUT2D eigenvalue weighted by molar-refractivity contribution is 9.10. The summed E-state index contributed by atoms with van der Waals surface area (Å²) in [5.74, 6) is 5.95. The van der Waals surface area contributed by atoms with Crippen LogP contribution < -0.4 is 0 Å². The molecule has 0 spiro atoms. The maximum Gasteiger partial charge on any atom is 0.124 e. The number of rotatable bonds is 0. The van der Waals surface area contributed by atoms with E-state index in [1.54, 1.807) is 6.07 Å². The van der Waals surface area contributed by atoms with Gasteiger partial charge in [0.25, 0.3) is 0 Å². The second kappa shape index (κ2) is 4.43. The van der Waals surface area contributed by atoms with E-state index in [0.717, 1.165) is 4.47 Å². The van der Waals surface area contributed by atoms with E-state index in [2.05, 4.69) is 27.8 Å². The molecule has 0 fully saturated rings. The summed E-state index contributed by atoms with van der Waals surface area (Å²) in [5.41, 5.74) is 0.703. The lowest BCUT2D eigenvalue weighted by Crippen LogP contribution is -1.83. The summed E-state index contributed by atoms with van der Waals surface area (Å²) in [6.07, 6.45) is 0. The molecule has 0 aliphatic heterocycles. The first kappa shape index (κ1) is 10.3. The molecule has 1 rings (SSSR count). The summed E-state index contributed by atoms with van der Waals surface area (Å²) < 4.78 is 13.6. The molecule has 68 valence electrons. The van der Waals surface area contributed by atoms with Crippen LogP contribution in [0.5, 0.6) is 0 Å². The van der Waals surface area contributed by atoms with Crippen molar-refractivity contribution in [1.82, 2.24) is 0 Å². The maximum atomic E-state index is 12.8. The smallest absolute Gasteiger partial charge is 0.124 e. The molecular weight excluding hydrogens is 231 g/mol. The number of hydrogen-bond donors (Lipinski definition) is 0. The summed E-state index contributed by atoms with van der Waals surface area (Å²) in [5, 5.41) is 0. The van der Waals surface area contributed by atoms with E-state index in [-0.39, 0.29) is 5.82 Å². The van der Waals surface area contributed by atoms with Crippen molar-refractivity contribution < 1.29 is 4.39 Å². The van der Waals surface area contributed by atoms with Crippen molar-refractivity contribution in [3.8, 4) is 11.8 Å². The van der Waals surface area contributed by atoms with Gasteiger partial charge in [0.1, 0.15) is 5.82 Å². The van der Waals surface area contributed by atoms with Crippen LogP contribution >= 0.6 is 15.9 Å². The van der Waals surface area contributed by atoms with Gasteiger partial charge in [-0.05, 0) is 34.1 Å². The zero-order valence-electron chi connectivity index (χ0n) is 7.57. The number of benzene rings is 1. The van der Waals surface area contributed by atoms with Gasteiger partial charge in [-0.2, -0.15) is 0 Å². The largest absolute Gasteiger partial charge is 0.207 e. The molecule has 0 N–H and O–H groups in total. The minimum absolute atomic E-state index is 0.253. The molecule has 0 amide bonds. The molecule has 0 bridgehead atoms. The average Bonchev–Trinajstić information content (AvgIpc) is 2.06. The molecule has 0 radical (unpaired) electrons. The van der Waals surface area contributed by atoms with Crippen LogP contribution in [0.25, 0.3) is 0 Å². The van der Waals surface area contributed by atoms with Gasteiger partial charge < -0.3 is 0 Å². The number of hydrogen-bond acceptors (Lipinski definition) is 0. The summed E-state index contributed by atoms with van der Waals surface area (Å²) in [6.45, 7) is 4.00. The summed E-state index contributed by atoms with van der Waals surface area (Å²) in [7, 11) is 0. The Labute approximate surface area is 86.3 Å². The van der Waals surface area contributed by atoms with Gasteiger partial charge in [0.2, 0.25) is 0 Å². The van der Waals surface area contributed by atoms with Crippen molar-refractivity contribution in [3.63, 3.8) is 0 Å². The van der Waals surface area contributed by atoms with Gasteiger partial charge in [0.05, 0.1) is 0 Å². The Morgan fingerprint density at radius 3 is 2.69 bits per heavy atom. The van der Waals surface area contributed by atoms with Crippen molar-refractivity contribution in [2.24, 2.45) is 5.92 Å². The van der Waals surface area contributed by atoms with Gasteiger partial charge >= 0.3 is 0 Å². The third kappa shape index (κ3) is 3.20. The van der Waals surface area contributed by atoms with Gasteiger partial charge in [-0.3, -0.25) is 0 Å². The highest BCUT2D eigenvalue weighted by Crippen LogP contribution is 2.16. The fraction of sp³-hybridized carbons (Fsp3) is 0.273. The third-order valence-electron chi connectivity index (χ3n) is 1.42. The van der Waals surface area contributed by atoms with Crippen LogP contribution in [-0.2, 0) is 0 Å². The van der Waals surface area contributed by atoms with E-state index >= 15 is 0 Å². The molecule has 0 aliphatic rings. The molecule has 13 heavy (non-hydrogen) atoms. The first-order chi connectivity index (χ1) is 6.09. The van der Waals surface area contributed by atoms with Gasteiger partial charge in [-0.15, -0.1) is 0 Å². The third-order valence-corrected chi connectivity index (χ3v) is 2.12. The summed E-state index contributed by atoms with van der Waals surface area (Å²) in [4.78, 5) is 0. The molecule has 0 unspecified atom stereocenters. The predicted molar refractivity (Wildman–Crippen MR) is 55.8 cm³/mol. The monoisotopic (exact) mass is 240 g/mol. The minimum atomic E-state index is -0.253. The van der Waals surface area contributed by atoms with E-state index in [4.69, 9.17) is 0 Å². The fourth-order valence-corrected chi connectivity index (χ4v) is 1.16. The molecule has 0 atom stereocenters. The van der Waals surface area contributed by atoms with Crippen LogP contribution in [0, 0.1) is 23.6 Å². The van der Waals surface area contributed by atoms with Gasteiger partial charge in [-0.25, -0.2) is 4.39 Å². The molecule has 0 heterocycles. The summed E-state index contributed by atoms with van der Waals surface area (Å²) in [6, 6.07) is 4.50. The SMILES string of the molecule is CC(C)C#Cc1cc(F)ccc1Br. The Morgan fingerprint density at radius 2 is 2.08 bits per heavy atom. The molecule has 0 aromatic heterocycles. The first-order valence-corrected chi connectivity index (χ1v) is 4.85. The van der Waals surface area contributed by atoms with Crippen LogP contribution in [0.15, 0.2) is 22.7 Å². The van der Waals surface area contributed by atoms with Crippen molar-refractivity contribution in [2.75, 3.05) is 0 Å². The second-order valence-corrected chi connectivity index (χ2v) is 3.90. The van der Waals surface area contributed by atoms with Crippen molar-refractivity contribution in [1.29, 1.82) is 0 Å². The minimum Gasteiger partial charge on any atom is -0.207 e. The van der Waals surface area contributed by atoms with Crippen LogP contribution in [0.4, 0.5) is 4.39 Å². The lowest BCUT2D eigenvalue weighted by molar-refractivity contribution is 0.627. The van der Waals surface area contributed by atoms with Gasteiger partial charge in [0.15, 0.2) is 0 Å². The van der Waals surface area contributed by atoms with Crippen LogP contribution in [0.1, 0.15) is 19.4 Å². The van der Waals surface area contributed by atoms with Gasteiger partial charge in [0, 0.05) is 16.0 Å².